The van der Waals surface area contributed by atoms with E-state index in [4.69, 9.17) is 11.6 Å². The molecule has 2 heterocycles. The molecule has 5 heteroatoms. The predicted octanol–water partition coefficient (Wildman–Crippen LogP) is 4.33. The van der Waals surface area contributed by atoms with Crippen molar-refractivity contribution in [2.45, 2.75) is 20.3 Å². The third-order valence-electron chi connectivity index (χ3n) is 2.21. The molecule has 0 fully saturated rings. The summed E-state index contributed by atoms with van der Waals surface area (Å²) in [4.78, 5) is 11.2. The van der Waals surface area contributed by atoms with Gasteiger partial charge < -0.3 is 0 Å². The van der Waals surface area contributed by atoms with Crippen molar-refractivity contribution in [3.63, 3.8) is 0 Å². The number of thiophene rings is 1. The number of aryl methyl sites for hydroxylation is 2. The topological polar surface area (TPSA) is 25.8 Å². The largest absolute Gasteiger partial charge is 0.231 e. The monoisotopic (exact) mass is 364 g/mol. The molecular formula is C11H10ClIN2S. The number of rotatable bonds is 2. The van der Waals surface area contributed by atoms with Crippen molar-refractivity contribution >= 4 is 45.5 Å². The number of aromatic nitrogens is 2. The molecule has 0 aromatic carbocycles. The molecule has 84 valence electrons. The van der Waals surface area contributed by atoms with Crippen molar-refractivity contribution in [1.82, 2.24) is 9.97 Å². The molecule has 2 aromatic rings. The van der Waals surface area contributed by atoms with Gasteiger partial charge in [0.15, 0.2) is 5.82 Å². The van der Waals surface area contributed by atoms with Crippen LogP contribution in [-0.2, 0) is 6.42 Å². The van der Waals surface area contributed by atoms with Crippen molar-refractivity contribution in [2.75, 3.05) is 0 Å². The first-order chi connectivity index (χ1) is 7.61. The number of hydrogen-bond donors (Lipinski definition) is 0. The fraction of sp³-hybridized carbons (Fsp3) is 0.273. The lowest BCUT2D eigenvalue weighted by atomic mass is 10.3. The molecule has 0 N–H and O–H groups in total. The molecule has 0 saturated carbocycles. The van der Waals surface area contributed by atoms with Gasteiger partial charge in [0.25, 0.3) is 0 Å². The van der Waals surface area contributed by atoms with Crippen LogP contribution in [-0.4, -0.2) is 9.97 Å². The summed E-state index contributed by atoms with van der Waals surface area (Å²) in [5, 5.41) is 0.537. The first-order valence-electron chi connectivity index (χ1n) is 4.90. The first kappa shape index (κ1) is 12.3. The van der Waals surface area contributed by atoms with Crippen LogP contribution < -0.4 is 0 Å². The van der Waals surface area contributed by atoms with Crippen LogP contribution in [0.15, 0.2) is 12.1 Å². The van der Waals surface area contributed by atoms with E-state index in [-0.39, 0.29) is 0 Å². The summed E-state index contributed by atoms with van der Waals surface area (Å²) in [7, 11) is 0. The fourth-order valence-corrected chi connectivity index (χ4v) is 2.66. The second-order valence-corrected chi connectivity index (χ2v) is 5.96. The van der Waals surface area contributed by atoms with Crippen LogP contribution in [0, 0.1) is 10.5 Å². The third-order valence-corrected chi connectivity index (χ3v) is 5.32. The van der Waals surface area contributed by atoms with Gasteiger partial charge in [-0.1, -0.05) is 18.5 Å². The van der Waals surface area contributed by atoms with Crippen LogP contribution in [0.4, 0.5) is 0 Å². The molecule has 0 bridgehead atoms. The van der Waals surface area contributed by atoms with Gasteiger partial charge in [0.1, 0.15) is 5.15 Å². The van der Waals surface area contributed by atoms with Crippen molar-refractivity contribution in [1.29, 1.82) is 0 Å². The molecule has 0 unspecified atom stereocenters. The number of nitrogens with zero attached hydrogens (tertiary/aromatic N) is 2. The molecular weight excluding hydrogens is 355 g/mol. The maximum Gasteiger partial charge on any atom is 0.171 e. The van der Waals surface area contributed by atoms with E-state index in [0.29, 0.717) is 5.15 Å². The maximum atomic E-state index is 6.06. The van der Waals surface area contributed by atoms with Gasteiger partial charge in [0.2, 0.25) is 0 Å². The van der Waals surface area contributed by atoms with Crippen LogP contribution in [0.3, 0.4) is 0 Å². The summed E-state index contributed by atoms with van der Waals surface area (Å²) in [5.41, 5.74) is 0.932. The number of halogens is 2. The van der Waals surface area contributed by atoms with E-state index in [0.717, 1.165) is 26.4 Å². The summed E-state index contributed by atoms with van der Waals surface area (Å²) in [6, 6.07) is 4.17. The Hall–Kier alpha value is -0.200. The molecule has 0 saturated heterocycles. The highest BCUT2D eigenvalue weighted by Gasteiger charge is 2.10. The van der Waals surface area contributed by atoms with E-state index in [9.17, 15) is 0 Å². The van der Waals surface area contributed by atoms with E-state index in [1.807, 2.05) is 6.92 Å². The highest BCUT2D eigenvalue weighted by Crippen LogP contribution is 2.28. The van der Waals surface area contributed by atoms with Gasteiger partial charge in [0.05, 0.1) is 14.1 Å². The molecule has 2 nitrogen and oxygen atoms in total. The molecule has 0 aliphatic carbocycles. The van der Waals surface area contributed by atoms with Gasteiger partial charge >= 0.3 is 0 Å². The molecule has 0 aliphatic heterocycles. The van der Waals surface area contributed by atoms with Gasteiger partial charge in [-0.2, -0.15) is 0 Å². The average molecular weight is 365 g/mol. The second-order valence-electron chi connectivity index (χ2n) is 3.36. The molecule has 0 amide bonds. The van der Waals surface area contributed by atoms with Crippen LogP contribution in [0.5, 0.6) is 0 Å². The standard InChI is InChI=1S/C11H10ClIN2S/c1-3-7-4-5-8(16-7)11-14-6(2)9(13)10(12)15-11/h4-5H,3H2,1-2H3. The van der Waals surface area contributed by atoms with Gasteiger partial charge in [-0.15, -0.1) is 11.3 Å². The van der Waals surface area contributed by atoms with Crippen LogP contribution >= 0.6 is 45.5 Å². The lowest BCUT2D eigenvalue weighted by Gasteiger charge is -2.02. The van der Waals surface area contributed by atoms with Crippen molar-refractivity contribution in [2.24, 2.45) is 0 Å². The minimum atomic E-state index is 0.537. The Balaban J connectivity index is 2.48. The third kappa shape index (κ3) is 2.38. The van der Waals surface area contributed by atoms with Crippen molar-refractivity contribution in [3.05, 3.63) is 31.4 Å². The average Bonchev–Trinajstić information content (AvgIpc) is 2.73. The summed E-state index contributed by atoms with van der Waals surface area (Å²) >= 11 is 9.94. The highest BCUT2D eigenvalue weighted by atomic mass is 127. The van der Waals surface area contributed by atoms with Crippen molar-refractivity contribution < 1.29 is 0 Å². The predicted molar refractivity (Wildman–Crippen MR) is 77.2 cm³/mol. The molecule has 2 rings (SSSR count). The van der Waals surface area contributed by atoms with Crippen LogP contribution in [0.25, 0.3) is 10.7 Å². The Morgan fingerprint density at radius 2 is 2.12 bits per heavy atom. The van der Waals surface area contributed by atoms with E-state index in [2.05, 4.69) is 51.6 Å². The Morgan fingerprint density at radius 3 is 2.69 bits per heavy atom. The quantitative estimate of drug-likeness (QED) is 0.585. The van der Waals surface area contributed by atoms with E-state index in [1.165, 1.54) is 4.88 Å². The fourth-order valence-electron chi connectivity index (χ4n) is 1.32. The lowest BCUT2D eigenvalue weighted by Crippen LogP contribution is -1.95. The SMILES string of the molecule is CCc1ccc(-c2nc(C)c(I)c(Cl)n2)s1. The van der Waals surface area contributed by atoms with Gasteiger partial charge in [-0.05, 0) is 48.1 Å². The molecule has 16 heavy (non-hydrogen) atoms. The Morgan fingerprint density at radius 1 is 1.38 bits per heavy atom. The maximum absolute atomic E-state index is 6.06. The summed E-state index contributed by atoms with van der Waals surface area (Å²) in [6.45, 7) is 4.09. The van der Waals surface area contributed by atoms with Crippen molar-refractivity contribution in [3.8, 4) is 10.7 Å². The van der Waals surface area contributed by atoms with Crippen LogP contribution in [0.1, 0.15) is 17.5 Å². The zero-order chi connectivity index (χ0) is 11.7. The Bertz CT molecular complexity index is 501. The highest BCUT2D eigenvalue weighted by molar-refractivity contribution is 14.1. The summed E-state index contributed by atoms with van der Waals surface area (Å²) < 4.78 is 0.926. The molecule has 0 spiro atoms. The lowest BCUT2D eigenvalue weighted by molar-refractivity contribution is 1.10. The minimum Gasteiger partial charge on any atom is -0.231 e. The van der Waals surface area contributed by atoms with Crippen LogP contribution in [0.2, 0.25) is 5.15 Å². The zero-order valence-corrected chi connectivity index (χ0v) is 12.7. The summed E-state index contributed by atoms with van der Waals surface area (Å²) in [5.74, 6) is 0.729. The van der Waals surface area contributed by atoms with E-state index < -0.39 is 0 Å². The zero-order valence-electron chi connectivity index (χ0n) is 8.92. The summed E-state index contributed by atoms with van der Waals surface area (Å²) in [6.07, 6.45) is 1.04. The molecule has 0 radical (unpaired) electrons. The number of hydrogen-bond acceptors (Lipinski definition) is 3. The van der Waals surface area contributed by atoms with E-state index in [1.54, 1.807) is 11.3 Å². The smallest absolute Gasteiger partial charge is 0.171 e. The molecule has 0 aliphatic rings. The van der Waals surface area contributed by atoms with E-state index >= 15 is 0 Å². The Labute approximate surface area is 117 Å². The van der Waals surface area contributed by atoms with Gasteiger partial charge in [0, 0.05) is 4.88 Å². The first-order valence-corrected chi connectivity index (χ1v) is 7.18. The molecule has 2 aromatic heterocycles. The van der Waals surface area contributed by atoms with Gasteiger partial charge in [-0.3, -0.25) is 0 Å². The Kier molecular flexibility index (Phi) is 3.81. The molecule has 0 atom stereocenters. The minimum absolute atomic E-state index is 0.537. The van der Waals surface area contributed by atoms with Gasteiger partial charge in [-0.25, -0.2) is 9.97 Å². The second kappa shape index (κ2) is 4.98. The normalized spacial score (nSPS) is 10.8.